The molecular formula is C20H22N2O2S. The molecule has 0 aliphatic carbocycles. The number of thiazole rings is 1. The molecule has 130 valence electrons. The molecule has 0 spiro atoms. The molecule has 0 N–H and O–H groups in total. The zero-order valence-electron chi connectivity index (χ0n) is 14.8. The topological polar surface area (TPSA) is 43.6 Å². The number of hydrogen-bond donors (Lipinski definition) is 0. The summed E-state index contributed by atoms with van der Waals surface area (Å²) in [6, 6.07) is 13.7. The molecule has 0 aliphatic rings. The first-order valence-corrected chi connectivity index (χ1v) is 9.26. The summed E-state index contributed by atoms with van der Waals surface area (Å²) in [5, 5.41) is 0. The molecule has 0 saturated carbocycles. The molecule has 3 rings (SSSR count). The van der Waals surface area contributed by atoms with Crippen LogP contribution in [0.25, 0.3) is 10.2 Å². The summed E-state index contributed by atoms with van der Waals surface area (Å²) in [5.41, 5.74) is 3.65. The van der Waals surface area contributed by atoms with Gasteiger partial charge in [-0.15, -0.1) is 0 Å². The van der Waals surface area contributed by atoms with Crippen LogP contribution >= 0.6 is 11.3 Å². The van der Waals surface area contributed by atoms with Crippen molar-refractivity contribution in [2.24, 2.45) is 4.99 Å². The van der Waals surface area contributed by atoms with Crippen molar-refractivity contribution in [1.82, 2.24) is 4.57 Å². The van der Waals surface area contributed by atoms with E-state index in [4.69, 9.17) is 4.74 Å². The molecule has 0 radical (unpaired) electrons. The molecule has 3 aromatic rings. The van der Waals surface area contributed by atoms with Crippen molar-refractivity contribution in [2.45, 2.75) is 33.7 Å². The van der Waals surface area contributed by atoms with E-state index >= 15 is 0 Å². The van der Waals surface area contributed by atoms with Gasteiger partial charge in [0, 0.05) is 6.54 Å². The van der Waals surface area contributed by atoms with Crippen molar-refractivity contribution in [2.75, 3.05) is 6.61 Å². The number of amides is 1. The molecule has 2 aromatic carbocycles. The fraction of sp³-hybridized carbons (Fsp3) is 0.300. The van der Waals surface area contributed by atoms with Gasteiger partial charge in [0.05, 0.1) is 10.2 Å². The molecule has 1 heterocycles. The van der Waals surface area contributed by atoms with Gasteiger partial charge in [0.25, 0.3) is 5.91 Å². The number of benzene rings is 2. The first kappa shape index (κ1) is 17.4. The Balaban J connectivity index is 1.91. The van der Waals surface area contributed by atoms with Gasteiger partial charge in [-0.25, -0.2) is 0 Å². The SMILES string of the molecule is CCCn1c(=NC(=O)COc2ccccc2)sc2cc(C)c(C)cc21. The minimum Gasteiger partial charge on any atom is -0.484 e. The van der Waals surface area contributed by atoms with Crippen LogP contribution < -0.4 is 9.54 Å². The summed E-state index contributed by atoms with van der Waals surface area (Å²) < 4.78 is 8.80. The lowest BCUT2D eigenvalue weighted by atomic mass is 10.1. The van der Waals surface area contributed by atoms with Crippen LogP contribution in [0.1, 0.15) is 24.5 Å². The second-order valence-electron chi connectivity index (χ2n) is 6.05. The van der Waals surface area contributed by atoms with Crippen LogP contribution in [0.2, 0.25) is 0 Å². The molecule has 5 heteroatoms. The largest absolute Gasteiger partial charge is 0.484 e. The molecule has 0 atom stereocenters. The predicted molar refractivity (Wildman–Crippen MR) is 102 cm³/mol. The van der Waals surface area contributed by atoms with E-state index in [1.165, 1.54) is 11.1 Å². The predicted octanol–water partition coefficient (Wildman–Crippen LogP) is 4.24. The maximum Gasteiger partial charge on any atom is 0.286 e. The standard InChI is InChI=1S/C20H22N2O2S/c1-4-10-22-17-11-14(2)15(3)12-18(17)25-20(22)21-19(23)13-24-16-8-6-5-7-9-16/h5-9,11-12H,4,10,13H2,1-3H3. The number of aryl methyl sites for hydroxylation is 3. The molecule has 4 nitrogen and oxygen atoms in total. The van der Waals surface area contributed by atoms with E-state index in [2.05, 4.69) is 42.5 Å². The van der Waals surface area contributed by atoms with E-state index in [0.29, 0.717) is 5.75 Å². The summed E-state index contributed by atoms with van der Waals surface area (Å²) in [6.07, 6.45) is 0.987. The number of carbonyl (C=O) groups is 1. The number of ether oxygens (including phenoxy) is 1. The number of aromatic nitrogens is 1. The van der Waals surface area contributed by atoms with E-state index in [1.54, 1.807) is 11.3 Å². The van der Waals surface area contributed by atoms with Gasteiger partial charge < -0.3 is 9.30 Å². The Kier molecular flexibility index (Phi) is 5.34. The molecule has 0 bridgehead atoms. The lowest BCUT2D eigenvalue weighted by molar-refractivity contribution is -0.120. The van der Waals surface area contributed by atoms with Gasteiger partial charge in [-0.3, -0.25) is 4.79 Å². The lowest BCUT2D eigenvalue weighted by Gasteiger charge is -2.05. The van der Waals surface area contributed by atoms with Crippen molar-refractivity contribution in [3.05, 3.63) is 58.4 Å². The van der Waals surface area contributed by atoms with E-state index in [0.717, 1.165) is 28.0 Å². The zero-order chi connectivity index (χ0) is 17.8. The van der Waals surface area contributed by atoms with Gasteiger partial charge in [-0.1, -0.05) is 36.5 Å². The third kappa shape index (κ3) is 3.99. The Bertz CT molecular complexity index is 955. The summed E-state index contributed by atoms with van der Waals surface area (Å²) >= 11 is 1.56. The van der Waals surface area contributed by atoms with Crippen LogP contribution in [0.3, 0.4) is 0 Å². The van der Waals surface area contributed by atoms with E-state index < -0.39 is 0 Å². The van der Waals surface area contributed by atoms with Crippen LogP contribution in [0.5, 0.6) is 5.75 Å². The highest BCUT2D eigenvalue weighted by Gasteiger charge is 2.09. The molecule has 1 aromatic heterocycles. The van der Waals surface area contributed by atoms with E-state index in [9.17, 15) is 4.79 Å². The smallest absolute Gasteiger partial charge is 0.286 e. The van der Waals surface area contributed by atoms with Crippen molar-refractivity contribution in [3.63, 3.8) is 0 Å². The zero-order valence-corrected chi connectivity index (χ0v) is 15.6. The summed E-state index contributed by atoms with van der Waals surface area (Å²) in [5.74, 6) is 0.406. The van der Waals surface area contributed by atoms with Gasteiger partial charge in [0.2, 0.25) is 0 Å². The highest BCUT2D eigenvalue weighted by atomic mass is 32.1. The summed E-state index contributed by atoms with van der Waals surface area (Å²) in [4.78, 5) is 17.3. The Morgan fingerprint density at radius 3 is 2.60 bits per heavy atom. The molecule has 0 aliphatic heterocycles. The minimum atomic E-state index is -0.270. The van der Waals surface area contributed by atoms with Crippen LogP contribution in [0.15, 0.2) is 47.5 Å². The highest BCUT2D eigenvalue weighted by molar-refractivity contribution is 7.16. The number of nitrogens with zero attached hydrogens (tertiary/aromatic N) is 2. The second-order valence-corrected chi connectivity index (χ2v) is 7.06. The Morgan fingerprint density at radius 1 is 1.16 bits per heavy atom. The number of hydrogen-bond acceptors (Lipinski definition) is 3. The quantitative estimate of drug-likeness (QED) is 0.688. The maximum absolute atomic E-state index is 12.3. The molecule has 0 saturated heterocycles. The van der Waals surface area contributed by atoms with Gasteiger partial charge in [-0.2, -0.15) is 4.99 Å². The van der Waals surface area contributed by atoms with Crippen molar-refractivity contribution < 1.29 is 9.53 Å². The number of rotatable bonds is 5. The van der Waals surface area contributed by atoms with Crippen LogP contribution in [-0.2, 0) is 11.3 Å². The van der Waals surface area contributed by atoms with Crippen molar-refractivity contribution in [3.8, 4) is 5.75 Å². The van der Waals surface area contributed by atoms with Crippen LogP contribution in [-0.4, -0.2) is 17.1 Å². The first-order chi connectivity index (χ1) is 12.1. The van der Waals surface area contributed by atoms with Gasteiger partial charge in [0.1, 0.15) is 5.75 Å². The number of fused-ring (bicyclic) bond motifs is 1. The van der Waals surface area contributed by atoms with Crippen LogP contribution in [0.4, 0.5) is 0 Å². The highest BCUT2D eigenvalue weighted by Crippen LogP contribution is 2.22. The van der Waals surface area contributed by atoms with Gasteiger partial charge in [0.15, 0.2) is 11.4 Å². The van der Waals surface area contributed by atoms with E-state index in [-0.39, 0.29) is 12.5 Å². The first-order valence-electron chi connectivity index (χ1n) is 8.44. The van der Waals surface area contributed by atoms with Crippen molar-refractivity contribution in [1.29, 1.82) is 0 Å². The molecular weight excluding hydrogens is 332 g/mol. The maximum atomic E-state index is 12.3. The van der Waals surface area contributed by atoms with Crippen LogP contribution in [0, 0.1) is 13.8 Å². The lowest BCUT2D eigenvalue weighted by Crippen LogP contribution is -2.19. The van der Waals surface area contributed by atoms with E-state index in [1.807, 2.05) is 30.3 Å². The minimum absolute atomic E-state index is 0.0531. The molecule has 1 amide bonds. The normalized spacial score (nSPS) is 11.9. The fourth-order valence-electron chi connectivity index (χ4n) is 2.65. The summed E-state index contributed by atoms with van der Waals surface area (Å²) in [6.45, 7) is 7.13. The Morgan fingerprint density at radius 2 is 1.88 bits per heavy atom. The monoisotopic (exact) mass is 354 g/mol. The number of para-hydroxylation sites is 1. The van der Waals surface area contributed by atoms with Gasteiger partial charge in [-0.05, 0) is 55.7 Å². The second kappa shape index (κ2) is 7.66. The summed E-state index contributed by atoms with van der Waals surface area (Å²) in [7, 11) is 0. The Labute approximate surface area is 151 Å². The third-order valence-electron chi connectivity index (χ3n) is 4.07. The Hall–Kier alpha value is -2.40. The molecule has 25 heavy (non-hydrogen) atoms. The average molecular weight is 354 g/mol. The average Bonchev–Trinajstić information content (AvgIpc) is 2.91. The number of carbonyl (C=O) groups excluding carboxylic acids is 1. The fourth-order valence-corrected chi connectivity index (χ4v) is 3.80. The van der Waals surface area contributed by atoms with Gasteiger partial charge >= 0.3 is 0 Å². The molecule has 0 fully saturated rings. The third-order valence-corrected chi connectivity index (χ3v) is 5.11. The van der Waals surface area contributed by atoms with Crippen molar-refractivity contribution >= 4 is 27.5 Å². The molecule has 0 unspecified atom stereocenters.